The summed E-state index contributed by atoms with van der Waals surface area (Å²) in [5.74, 6) is 0.941. The van der Waals surface area contributed by atoms with Gasteiger partial charge in [0.05, 0.1) is 12.6 Å². The molecule has 1 heterocycles. The molecule has 0 atom stereocenters. The van der Waals surface area contributed by atoms with E-state index in [1.807, 2.05) is 25.1 Å². The van der Waals surface area contributed by atoms with Crippen molar-refractivity contribution in [2.24, 2.45) is 0 Å². The van der Waals surface area contributed by atoms with Gasteiger partial charge in [0.2, 0.25) is 0 Å². The molecule has 112 valence electrons. The summed E-state index contributed by atoms with van der Waals surface area (Å²) in [4.78, 5) is 14.6. The Kier molecular flexibility index (Phi) is 3.37. The number of methoxy groups -OCH3 is 1. The van der Waals surface area contributed by atoms with Crippen LogP contribution >= 0.6 is 0 Å². The van der Waals surface area contributed by atoms with Crippen LogP contribution in [0.2, 0.25) is 0 Å². The number of H-pyrrole nitrogens is 1. The molecule has 2 N–H and O–H groups in total. The van der Waals surface area contributed by atoms with E-state index in [4.69, 9.17) is 4.74 Å². The number of carbonyl (C=O) groups excluding carboxylic acids is 1. The van der Waals surface area contributed by atoms with E-state index >= 15 is 0 Å². The lowest BCUT2D eigenvalue weighted by Crippen LogP contribution is -1.89. The Labute approximate surface area is 128 Å². The molecule has 0 amide bonds. The minimum Gasteiger partial charge on any atom is -0.508 e. The molecule has 3 rings (SSSR count). The summed E-state index contributed by atoms with van der Waals surface area (Å²) >= 11 is 0. The molecule has 3 aromatic rings. The van der Waals surface area contributed by atoms with Crippen molar-refractivity contribution in [2.45, 2.75) is 13.8 Å². The van der Waals surface area contributed by atoms with E-state index in [-0.39, 0.29) is 11.5 Å². The van der Waals surface area contributed by atoms with Crippen molar-refractivity contribution in [1.29, 1.82) is 0 Å². The fraction of sp³-hybridized carbons (Fsp3) is 0.167. The van der Waals surface area contributed by atoms with Crippen LogP contribution in [0.3, 0.4) is 0 Å². The molecule has 0 aliphatic carbocycles. The number of allylic oxidation sites excluding steroid dienone is 1. The van der Waals surface area contributed by atoms with Gasteiger partial charge in [0.25, 0.3) is 0 Å². The highest BCUT2D eigenvalue weighted by Gasteiger charge is 2.13. The molecule has 0 aliphatic rings. The number of rotatable bonds is 3. The van der Waals surface area contributed by atoms with Crippen molar-refractivity contribution in [2.75, 3.05) is 7.11 Å². The van der Waals surface area contributed by atoms with Crippen LogP contribution < -0.4 is 4.74 Å². The quantitative estimate of drug-likeness (QED) is 0.719. The fourth-order valence-electron chi connectivity index (χ4n) is 2.69. The van der Waals surface area contributed by atoms with Gasteiger partial charge in [-0.15, -0.1) is 0 Å². The molecule has 2 aromatic carbocycles. The van der Waals surface area contributed by atoms with Crippen LogP contribution in [0.25, 0.3) is 27.9 Å². The fourth-order valence-corrected chi connectivity index (χ4v) is 2.69. The number of aryl methyl sites for hydroxylation is 1. The predicted molar refractivity (Wildman–Crippen MR) is 88.5 cm³/mol. The van der Waals surface area contributed by atoms with Crippen molar-refractivity contribution in [3.63, 3.8) is 0 Å². The van der Waals surface area contributed by atoms with Gasteiger partial charge in [-0.25, -0.2) is 0 Å². The number of fused-ring (bicyclic) bond motifs is 3. The molecule has 0 unspecified atom stereocenters. The van der Waals surface area contributed by atoms with Crippen molar-refractivity contribution in [3.8, 4) is 11.5 Å². The molecule has 0 saturated carbocycles. The topological polar surface area (TPSA) is 62.3 Å². The number of phenols is 1. The standard InChI is InChI=1S/C18H17NO3/c1-10-8-13-15(9-16(10)21)19-14-6-7-17(22-3)12(18(13)14)5-4-11(2)20/h4-9,19,21H,1-3H3. The number of hydrogen-bond acceptors (Lipinski definition) is 3. The number of aromatic amines is 1. The maximum Gasteiger partial charge on any atom is 0.152 e. The van der Waals surface area contributed by atoms with E-state index < -0.39 is 0 Å². The van der Waals surface area contributed by atoms with Gasteiger partial charge in [-0.3, -0.25) is 4.79 Å². The first-order chi connectivity index (χ1) is 10.5. The van der Waals surface area contributed by atoms with Crippen molar-refractivity contribution in [1.82, 2.24) is 4.98 Å². The lowest BCUT2D eigenvalue weighted by molar-refractivity contribution is -0.112. The zero-order chi connectivity index (χ0) is 15.9. The smallest absolute Gasteiger partial charge is 0.152 e. The normalized spacial score (nSPS) is 11.6. The Balaban J connectivity index is 2.43. The maximum atomic E-state index is 11.3. The molecule has 22 heavy (non-hydrogen) atoms. The summed E-state index contributed by atoms with van der Waals surface area (Å²) < 4.78 is 5.43. The maximum absolute atomic E-state index is 11.3. The van der Waals surface area contributed by atoms with Gasteiger partial charge in [0.15, 0.2) is 5.78 Å². The van der Waals surface area contributed by atoms with Crippen LogP contribution in [0.4, 0.5) is 0 Å². The van der Waals surface area contributed by atoms with E-state index in [9.17, 15) is 9.90 Å². The number of carbonyl (C=O) groups is 1. The number of ether oxygens (including phenoxy) is 1. The van der Waals surface area contributed by atoms with E-state index in [2.05, 4.69) is 4.98 Å². The lowest BCUT2D eigenvalue weighted by Gasteiger charge is -2.07. The summed E-state index contributed by atoms with van der Waals surface area (Å²) in [5, 5.41) is 11.9. The number of aromatic hydroxyl groups is 1. The molecular formula is C18H17NO3. The first-order valence-electron chi connectivity index (χ1n) is 7.02. The Morgan fingerprint density at radius 2 is 2.05 bits per heavy atom. The van der Waals surface area contributed by atoms with Crippen molar-refractivity contribution in [3.05, 3.63) is 41.5 Å². The summed E-state index contributed by atoms with van der Waals surface area (Å²) in [6.45, 7) is 3.37. The number of hydrogen-bond donors (Lipinski definition) is 2. The molecule has 0 aliphatic heterocycles. The third kappa shape index (κ3) is 2.22. The van der Waals surface area contributed by atoms with E-state index in [0.29, 0.717) is 5.75 Å². The van der Waals surface area contributed by atoms with Crippen LogP contribution in [0.1, 0.15) is 18.1 Å². The average Bonchev–Trinajstić information content (AvgIpc) is 2.82. The second kappa shape index (κ2) is 5.22. The van der Waals surface area contributed by atoms with Crippen LogP contribution in [-0.4, -0.2) is 23.0 Å². The highest BCUT2D eigenvalue weighted by atomic mass is 16.5. The SMILES string of the molecule is COc1ccc2[nH]c3cc(O)c(C)cc3c2c1C=CC(C)=O. The summed E-state index contributed by atoms with van der Waals surface area (Å²) in [6, 6.07) is 7.46. The molecule has 0 saturated heterocycles. The number of benzene rings is 2. The second-order valence-corrected chi connectivity index (χ2v) is 5.36. The minimum absolute atomic E-state index is 0.0206. The largest absolute Gasteiger partial charge is 0.508 e. The molecule has 0 radical (unpaired) electrons. The van der Waals surface area contributed by atoms with Crippen LogP contribution in [0, 0.1) is 6.92 Å². The van der Waals surface area contributed by atoms with E-state index in [0.717, 1.165) is 32.9 Å². The summed E-state index contributed by atoms with van der Waals surface area (Å²) in [7, 11) is 1.61. The molecule has 4 heteroatoms. The Hall–Kier alpha value is -2.75. The predicted octanol–water partition coefficient (Wildman–Crippen LogP) is 3.95. The van der Waals surface area contributed by atoms with Crippen LogP contribution in [0.15, 0.2) is 30.3 Å². The number of ketones is 1. The lowest BCUT2D eigenvalue weighted by atomic mass is 10.0. The number of nitrogens with one attached hydrogen (secondary N) is 1. The Bertz CT molecular complexity index is 919. The van der Waals surface area contributed by atoms with Gasteiger partial charge in [-0.2, -0.15) is 0 Å². The van der Waals surface area contributed by atoms with Gasteiger partial charge in [-0.1, -0.05) is 0 Å². The van der Waals surface area contributed by atoms with Crippen LogP contribution in [-0.2, 0) is 4.79 Å². The molecule has 4 nitrogen and oxygen atoms in total. The monoisotopic (exact) mass is 295 g/mol. The third-order valence-electron chi connectivity index (χ3n) is 3.78. The van der Waals surface area contributed by atoms with Gasteiger partial charge < -0.3 is 14.8 Å². The first kappa shape index (κ1) is 14.2. The van der Waals surface area contributed by atoms with Gasteiger partial charge in [-0.05, 0) is 49.8 Å². The van der Waals surface area contributed by atoms with Crippen molar-refractivity contribution < 1.29 is 14.6 Å². The number of phenolic OH excluding ortho intramolecular Hbond substituents is 1. The molecule has 0 fully saturated rings. The Morgan fingerprint density at radius 1 is 1.27 bits per heavy atom. The van der Waals surface area contributed by atoms with Gasteiger partial charge in [0.1, 0.15) is 11.5 Å². The van der Waals surface area contributed by atoms with E-state index in [1.165, 1.54) is 13.0 Å². The van der Waals surface area contributed by atoms with Crippen molar-refractivity contribution >= 4 is 33.7 Å². The first-order valence-corrected chi connectivity index (χ1v) is 7.02. The Morgan fingerprint density at radius 3 is 2.73 bits per heavy atom. The zero-order valence-electron chi connectivity index (χ0n) is 12.7. The highest BCUT2D eigenvalue weighted by Crippen LogP contribution is 2.36. The minimum atomic E-state index is -0.0206. The highest BCUT2D eigenvalue weighted by molar-refractivity contribution is 6.13. The summed E-state index contributed by atoms with van der Waals surface area (Å²) in [6.07, 6.45) is 3.31. The summed E-state index contributed by atoms with van der Waals surface area (Å²) in [5.41, 5.74) is 3.44. The van der Waals surface area contributed by atoms with Gasteiger partial charge >= 0.3 is 0 Å². The van der Waals surface area contributed by atoms with Gasteiger partial charge in [0, 0.05) is 27.9 Å². The zero-order valence-corrected chi connectivity index (χ0v) is 12.7. The average molecular weight is 295 g/mol. The van der Waals surface area contributed by atoms with E-state index in [1.54, 1.807) is 19.3 Å². The van der Waals surface area contributed by atoms with Crippen LogP contribution in [0.5, 0.6) is 11.5 Å². The number of aromatic nitrogens is 1. The molecule has 1 aromatic heterocycles. The third-order valence-corrected chi connectivity index (χ3v) is 3.78. The second-order valence-electron chi connectivity index (χ2n) is 5.36. The molecule has 0 spiro atoms. The molecular weight excluding hydrogens is 278 g/mol. The molecule has 0 bridgehead atoms.